The van der Waals surface area contributed by atoms with E-state index in [0.717, 1.165) is 41.3 Å². The standard InChI is InChI=1S/C22H42N2Si/c1-22(2,3)23-25(5,6)21-16-12-8-7-11-15(16)20-19(21)17-13-9-10-14-18(17)24(20)4/h15-21,23H,7-14H2,1-6H3. The maximum absolute atomic E-state index is 4.21. The number of hydrogen-bond acceptors (Lipinski definition) is 2. The number of hydrogen-bond donors (Lipinski definition) is 1. The highest BCUT2D eigenvalue weighted by Crippen LogP contribution is 2.64. The van der Waals surface area contributed by atoms with E-state index in [-0.39, 0.29) is 5.54 Å². The number of nitrogens with zero attached hydrogens (tertiary/aromatic N) is 1. The summed E-state index contributed by atoms with van der Waals surface area (Å²) in [6.45, 7) is 12.5. The van der Waals surface area contributed by atoms with Crippen molar-refractivity contribution in [2.24, 2.45) is 23.7 Å². The summed E-state index contributed by atoms with van der Waals surface area (Å²) in [6.07, 6.45) is 12.0. The molecule has 2 nitrogen and oxygen atoms in total. The Hall–Kier alpha value is 0.137. The minimum atomic E-state index is -1.48. The molecule has 1 saturated heterocycles. The van der Waals surface area contributed by atoms with Crippen LogP contribution in [0.3, 0.4) is 0 Å². The van der Waals surface area contributed by atoms with Crippen molar-refractivity contribution in [3.63, 3.8) is 0 Å². The van der Waals surface area contributed by atoms with E-state index in [0.29, 0.717) is 0 Å². The summed E-state index contributed by atoms with van der Waals surface area (Å²) >= 11 is 0. The van der Waals surface area contributed by atoms with Crippen LogP contribution < -0.4 is 4.98 Å². The average Bonchev–Trinajstić information content (AvgIpc) is 3.00. The third kappa shape index (κ3) is 3.06. The molecule has 0 radical (unpaired) electrons. The van der Waals surface area contributed by atoms with Crippen LogP contribution in [0.4, 0.5) is 0 Å². The number of nitrogens with one attached hydrogen (secondary N) is 1. The first-order valence-electron chi connectivity index (χ1n) is 11.2. The summed E-state index contributed by atoms with van der Waals surface area (Å²) < 4.78 is 0. The smallest absolute Gasteiger partial charge is 0.123 e. The van der Waals surface area contributed by atoms with E-state index in [1.807, 2.05) is 0 Å². The predicted molar refractivity (Wildman–Crippen MR) is 110 cm³/mol. The van der Waals surface area contributed by atoms with Gasteiger partial charge < -0.3 is 4.98 Å². The number of rotatable bonds is 2. The Balaban J connectivity index is 1.71. The van der Waals surface area contributed by atoms with E-state index in [9.17, 15) is 0 Å². The van der Waals surface area contributed by atoms with E-state index >= 15 is 0 Å². The lowest BCUT2D eigenvalue weighted by Gasteiger charge is -2.46. The molecule has 3 saturated carbocycles. The molecule has 7 atom stereocenters. The van der Waals surface area contributed by atoms with Crippen LogP contribution >= 0.6 is 0 Å². The highest BCUT2D eigenvalue weighted by molar-refractivity contribution is 6.76. The van der Waals surface area contributed by atoms with Gasteiger partial charge >= 0.3 is 0 Å². The van der Waals surface area contributed by atoms with Crippen LogP contribution in [0.2, 0.25) is 18.6 Å². The Morgan fingerprint density at radius 1 is 0.840 bits per heavy atom. The first-order valence-corrected chi connectivity index (χ1v) is 14.3. The topological polar surface area (TPSA) is 15.3 Å². The molecule has 3 heteroatoms. The van der Waals surface area contributed by atoms with Crippen LogP contribution in [-0.2, 0) is 0 Å². The van der Waals surface area contributed by atoms with Gasteiger partial charge in [0.05, 0.1) is 0 Å². The maximum Gasteiger partial charge on any atom is 0.123 e. The van der Waals surface area contributed by atoms with Crippen LogP contribution in [0, 0.1) is 23.7 Å². The summed E-state index contributed by atoms with van der Waals surface area (Å²) in [6, 6.07) is 1.82. The average molecular weight is 363 g/mol. The molecule has 0 aromatic carbocycles. The van der Waals surface area contributed by atoms with Crippen molar-refractivity contribution in [2.45, 2.75) is 108 Å². The molecule has 0 aromatic rings. The van der Waals surface area contributed by atoms with Gasteiger partial charge in [0.15, 0.2) is 0 Å². The lowest BCUT2D eigenvalue weighted by molar-refractivity contribution is 0.119. The van der Waals surface area contributed by atoms with Crippen molar-refractivity contribution in [2.75, 3.05) is 7.05 Å². The van der Waals surface area contributed by atoms with Gasteiger partial charge in [0, 0.05) is 17.6 Å². The lowest BCUT2D eigenvalue weighted by atomic mass is 9.77. The molecular formula is C22H42N2Si. The van der Waals surface area contributed by atoms with Crippen LogP contribution in [-0.4, -0.2) is 37.8 Å². The van der Waals surface area contributed by atoms with Gasteiger partial charge in [-0.25, -0.2) is 0 Å². The summed E-state index contributed by atoms with van der Waals surface area (Å²) in [5.41, 5.74) is 1.26. The van der Waals surface area contributed by atoms with Crippen LogP contribution in [0.25, 0.3) is 0 Å². The molecule has 1 N–H and O–H groups in total. The molecule has 4 rings (SSSR count). The molecule has 4 fully saturated rings. The summed E-state index contributed by atoms with van der Waals surface area (Å²) in [5.74, 6) is 4.03. The van der Waals surface area contributed by atoms with Crippen LogP contribution in [0.5, 0.6) is 0 Å². The van der Waals surface area contributed by atoms with Gasteiger partial charge in [0.2, 0.25) is 0 Å². The van der Waals surface area contributed by atoms with E-state index < -0.39 is 8.24 Å². The first-order chi connectivity index (χ1) is 11.7. The SMILES string of the molecule is CN1C2CCCCC2C2C1C1CCCCC1C2[Si](C)(C)NC(C)(C)C. The summed E-state index contributed by atoms with van der Waals surface area (Å²) in [5, 5.41) is 0. The highest BCUT2D eigenvalue weighted by Gasteiger charge is 2.64. The second-order valence-corrected chi connectivity index (χ2v) is 15.8. The van der Waals surface area contributed by atoms with Gasteiger partial charge in [0.25, 0.3) is 0 Å². The van der Waals surface area contributed by atoms with Crippen molar-refractivity contribution in [1.29, 1.82) is 0 Å². The minimum absolute atomic E-state index is 0.258. The first kappa shape index (κ1) is 18.5. The Kier molecular flexibility index (Phi) is 4.69. The molecule has 1 heterocycles. The van der Waals surface area contributed by atoms with Gasteiger partial charge in [-0.2, -0.15) is 0 Å². The second-order valence-electron chi connectivity index (χ2n) is 11.5. The van der Waals surface area contributed by atoms with Gasteiger partial charge in [-0.1, -0.05) is 45.2 Å². The zero-order valence-electron chi connectivity index (χ0n) is 17.6. The summed E-state index contributed by atoms with van der Waals surface area (Å²) in [4.78, 5) is 7.13. The molecule has 3 aliphatic carbocycles. The molecule has 25 heavy (non-hydrogen) atoms. The Bertz CT molecular complexity index is 495. The number of fused-ring (bicyclic) bond motifs is 5. The zero-order chi connectivity index (χ0) is 18.0. The van der Waals surface area contributed by atoms with Crippen molar-refractivity contribution in [3.8, 4) is 0 Å². The second kappa shape index (κ2) is 6.34. The lowest BCUT2D eigenvalue weighted by Crippen LogP contribution is -2.59. The van der Waals surface area contributed by atoms with Gasteiger partial charge in [-0.15, -0.1) is 0 Å². The largest absolute Gasteiger partial charge is 0.332 e. The molecular weight excluding hydrogens is 320 g/mol. The van der Waals surface area contributed by atoms with Gasteiger partial charge in [-0.3, -0.25) is 4.90 Å². The third-order valence-electron chi connectivity index (χ3n) is 8.38. The molecule has 7 unspecified atom stereocenters. The van der Waals surface area contributed by atoms with Crippen LogP contribution in [0.15, 0.2) is 0 Å². The molecule has 4 aliphatic rings. The normalized spacial score (nSPS) is 45.1. The van der Waals surface area contributed by atoms with Gasteiger partial charge in [-0.05, 0) is 76.3 Å². The van der Waals surface area contributed by atoms with E-state index in [4.69, 9.17) is 0 Å². The quantitative estimate of drug-likeness (QED) is 0.674. The molecule has 0 aromatic heterocycles. The fourth-order valence-electron chi connectivity index (χ4n) is 8.32. The van der Waals surface area contributed by atoms with Crippen molar-refractivity contribution < 1.29 is 0 Å². The number of likely N-dealkylation sites (tertiary alicyclic amines) is 1. The van der Waals surface area contributed by atoms with E-state index in [1.54, 1.807) is 0 Å². The van der Waals surface area contributed by atoms with Crippen molar-refractivity contribution >= 4 is 8.24 Å². The van der Waals surface area contributed by atoms with Crippen molar-refractivity contribution in [1.82, 2.24) is 9.88 Å². The fraction of sp³-hybridized carbons (Fsp3) is 1.00. The van der Waals surface area contributed by atoms with E-state index in [1.165, 1.54) is 51.4 Å². The Morgan fingerprint density at radius 2 is 1.40 bits per heavy atom. The Morgan fingerprint density at radius 3 is 2.04 bits per heavy atom. The predicted octanol–water partition coefficient (Wildman–Crippen LogP) is 5.26. The van der Waals surface area contributed by atoms with Gasteiger partial charge in [0.1, 0.15) is 8.24 Å². The molecule has 0 amide bonds. The highest BCUT2D eigenvalue weighted by atomic mass is 28.3. The monoisotopic (exact) mass is 362 g/mol. The van der Waals surface area contributed by atoms with E-state index in [2.05, 4.69) is 50.8 Å². The van der Waals surface area contributed by atoms with Crippen molar-refractivity contribution in [3.05, 3.63) is 0 Å². The zero-order valence-corrected chi connectivity index (χ0v) is 18.6. The molecule has 0 spiro atoms. The molecule has 144 valence electrons. The van der Waals surface area contributed by atoms with Crippen LogP contribution in [0.1, 0.15) is 72.1 Å². The maximum atomic E-state index is 4.21. The molecule has 0 bridgehead atoms. The summed E-state index contributed by atoms with van der Waals surface area (Å²) in [7, 11) is 1.03. The fourth-order valence-corrected chi connectivity index (χ4v) is 13.3. The minimum Gasteiger partial charge on any atom is -0.332 e. The molecule has 1 aliphatic heterocycles. The Labute approximate surface area is 157 Å². The third-order valence-corrected chi connectivity index (χ3v) is 12.3.